The molecule has 0 bridgehead atoms. The van der Waals surface area contributed by atoms with E-state index >= 15 is 0 Å². The fourth-order valence-corrected chi connectivity index (χ4v) is 2.42. The molecule has 2 aromatic heterocycles. The van der Waals surface area contributed by atoms with Gasteiger partial charge >= 0.3 is 5.97 Å². The first-order valence-corrected chi connectivity index (χ1v) is 7.41. The van der Waals surface area contributed by atoms with Crippen LogP contribution in [-0.2, 0) is 4.74 Å². The fraction of sp³-hybridized carbons (Fsp3) is 0.143. The minimum absolute atomic E-state index is 0.162. The van der Waals surface area contributed by atoms with E-state index in [0.29, 0.717) is 11.2 Å². The molecule has 2 heterocycles. The van der Waals surface area contributed by atoms with E-state index in [2.05, 4.69) is 37.9 Å². The number of hydrogen-bond acceptors (Lipinski definition) is 5. The van der Waals surface area contributed by atoms with Gasteiger partial charge in [-0.3, -0.25) is 0 Å². The van der Waals surface area contributed by atoms with Gasteiger partial charge in [0, 0.05) is 11.6 Å². The number of ether oxygens (including phenoxy) is 1. The second-order valence-electron chi connectivity index (χ2n) is 4.24. The lowest BCUT2D eigenvalue weighted by atomic mass is 10.1. The number of carbonyl (C=O) groups is 1. The Labute approximate surface area is 134 Å². The minimum atomic E-state index is -0.503. The summed E-state index contributed by atoms with van der Waals surface area (Å²) in [6.45, 7) is 2.03. The van der Waals surface area contributed by atoms with Gasteiger partial charge in [0.15, 0.2) is 5.69 Å². The van der Waals surface area contributed by atoms with Gasteiger partial charge in [0.2, 0.25) is 0 Å². The Morgan fingerprint density at radius 3 is 2.86 bits per heavy atom. The molecule has 6 nitrogen and oxygen atoms in total. The molecule has 106 valence electrons. The van der Waals surface area contributed by atoms with Gasteiger partial charge in [-0.25, -0.2) is 9.48 Å². The summed E-state index contributed by atoms with van der Waals surface area (Å²) in [6.07, 6.45) is 3.54. The van der Waals surface area contributed by atoms with Gasteiger partial charge < -0.3 is 4.74 Å². The molecule has 0 radical (unpaired) electrons. The molecule has 0 aliphatic heterocycles. The van der Waals surface area contributed by atoms with E-state index in [1.54, 1.807) is 17.8 Å². The highest BCUT2D eigenvalue weighted by Crippen LogP contribution is 2.23. The second-order valence-corrected chi connectivity index (χ2v) is 5.48. The Morgan fingerprint density at radius 1 is 1.33 bits per heavy atom. The van der Waals surface area contributed by atoms with Crippen LogP contribution in [-0.4, -0.2) is 32.6 Å². The van der Waals surface area contributed by atoms with Crippen LogP contribution >= 0.6 is 22.6 Å². The number of halogens is 1. The molecule has 0 unspecified atom stereocenters. The van der Waals surface area contributed by atoms with E-state index in [9.17, 15) is 4.79 Å². The van der Waals surface area contributed by atoms with E-state index in [1.165, 1.54) is 0 Å². The molecule has 0 fully saturated rings. The van der Waals surface area contributed by atoms with Crippen LogP contribution in [0.25, 0.3) is 16.6 Å². The Bertz CT molecular complexity index is 816. The largest absolute Gasteiger partial charge is 0.461 e. The van der Waals surface area contributed by atoms with Gasteiger partial charge in [0.25, 0.3) is 0 Å². The zero-order chi connectivity index (χ0) is 14.8. The molecule has 1 aromatic carbocycles. The van der Waals surface area contributed by atoms with Crippen LogP contribution in [0.5, 0.6) is 0 Å². The van der Waals surface area contributed by atoms with Gasteiger partial charge in [-0.05, 0) is 35.6 Å². The Balaban J connectivity index is 2.30. The first-order valence-electron chi connectivity index (χ1n) is 6.33. The number of hydrogen-bond donors (Lipinski definition) is 0. The van der Waals surface area contributed by atoms with Gasteiger partial charge in [-0.15, -0.1) is 10.2 Å². The molecule has 3 aromatic rings. The summed E-state index contributed by atoms with van der Waals surface area (Å²) in [6, 6.07) is 7.49. The maximum absolute atomic E-state index is 12.1. The van der Waals surface area contributed by atoms with Crippen LogP contribution < -0.4 is 0 Å². The molecule has 0 saturated heterocycles. The summed E-state index contributed by atoms with van der Waals surface area (Å²) in [5, 5.41) is 13.2. The SMILES string of the molecule is CCOC(=O)c1nnc2ccccc2c1-n1cc(I)cn1. The van der Waals surface area contributed by atoms with Gasteiger partial charge in [0.05, 0.1) is 21.9 Å². The van der Waals surface area contributed by atoms with Crippen molar-refractivity contribution in [1.29, 1.82) is 0 Å². The predicted octanol–water partition coefficient (Wildman–Crippen LogP) is 2.60. The van der Waals surface area contributed by atoms with Crippen molar-refractivity contribution in [3.8, 4) is 5.69 Å². The zero-order valence-electron chi connectivity index (χ0n) is 11.2. The maximum Gasteiger partial charge on any atom is 0.361 e. The van der Waals surface area contributed by atoms with Crippen LogP contribution in [0.4, 0.5) is 0 Å². The Kier molecular flexibility index (Phi) is 3.82. The third-order valence-corrected chi connectivity index (χ3v) is 3.45. The van der Waals surface area contributed by atoms with Crippen molar-refractivity contribution in [2.75, 3.05) is 6.61 Å². The average molecular weight is 394 g/mol. The molecule has 0 saturated carbocycles. The van der Waals surface area contributed by atoms with Gasteiger partial charge in [-0.2, -0.15) is 5.10 Å². The molecular formula is C14H11IN4O2. The monoisotopic (exact) mass is 394 g/mol. The lowest BCUT2D eigenvalue weighted by molar-refractivity contribution is 0.0518. The topological polar surface area (TPSA) is 69.9 Å². The Morgan fingerprint density at radius 2 is 2.14 bits per heavy atom. The summed E-state index contributed by atoms with van der Waals surface area (Å²) in [7, 11) is 0. The van der Waals surface area contributed by atoms with Crippen molar-refractivity contribution in [2.45, 2.75) is 6.92 Å². The molecule has 0 aliphatic rings. The third kappa shape index (κ3) is 2.60. The van der Waals surface area contributed by atoms with E-state index in [4.69, 9.17) is 4.74 Å². The molecule has 0 N–H and O–H groups in total. The number of carbonyl (C=O) groups excluding carboxylic acids is 1. The lowest BCUT2D eigenvalue weighted by Crippen LogP contribution is -2.14. The summed E-state index contributed by atoms with van der Waals surface area (Å²) in [4.78, 5) is 12.1. The van der Waals surface area contributed by atoms with Crippen molar-refractivity contribution < 1.29 is 9.53 Å². The molecule has 0 spiro atoms. The Hall–Kier alpha value is -2.03. The van der Waals surface area contributed by atoms with Crippen molar-refractivity contribution >= 4 is 39.5 Å². The first kappa shape index (κ1) is 13.9. The average Bonchev–Trinajstić information content (AvgIpc) is 2.92. The van der Waals surface area contributed by atoms with Gasteiger partial charge in [-0.1, -0.05) is 18.2 Å². The highest BCUT2D eigenvalue weighted by atomic mass is 127. The van der Waals surface area contributed by atoms with Crippen molar-refractivity contribution in [1.82, 2.24) is 20.0 Å². The van der Waals surface area contributed by atoms with E-state index in [0.717, 1.165) is 8.96 Å². The summed E-state index contributed by atoms with van der Waals surface area (Å²) in [5.41, 5.74) is 1.45. The molecule has 0 atom stereocenters. The number of benzene rings is 1. The van der Waals surface area contributed by atoms with E-state index in [-0.39, 0.29) is 12.3 Å². The molecule has 0 amide bonds. The van der Waals surface area contributed by atoms with E-state index < -0.39 is 5.97 Å². The predicted molar refractivity (Wildman–Crippen MR) is 85.3 cm³/mol. The minimum Gasteiger partial charge on any atom is -0.461 e. The molecule has 0 aliphatic carbocycles. The number of rotatable bonds is 3. The number of esters is 1. The fourth-order valence-electron chi connectivity index (χ4n) is 2.03. The van der Waals surface area contributed by atoms with Gasteiger partial charge in [0.1, 0.15) is 5.69 Å². The number of fused-ring (bicyclic) bond motifs is 1. The van der Waals surface area contributed by atoms with Crippen molar-refractivity contribution in [2.24, 2.45) is 0 Å². The first-order chi connectivity index (χ1) is 10.2. The normalized spacial score (nSPS) is 10.8. The maximum atomic E-state index is 12.1. The van der Waals surface area contributed by atoms with Crippen LogP contribution in [0.3, 0.4) is 0 Å². The van der Waals surface area contributed by atoms with Crippen LogP contribution in [0.2, 0.25) is 0 Å². The van der Waals surface area contributed by atoms with E-state index in [1.807, 2.05) is 30.5 Å². The molecule has 21 heavy (non-hydrogen) atoms. The van der Waals surface area contributed by atoms with Crippen molar-refractivity contribution in [3.63, 3.8) is 0 Å². The summed E-state index contributed by atoms with van der Waals surface area (Å²) in [5.74, 6) is -0.503. The lowest BCUT2D eigenvalue weighted by Gasteiger charge is -2.10. The van der Waals surface area contributed by atoms with Crippen LogP contribution in [0, 0.1) is 3.57 Å². The zero-order valence-corrected chi connectivity index (χ0v) is 13.3. The molecule has 3 rings (SSSR count). The highest BCUT2D eigenvalue weighted by Gasteiger charge is 2.20. The molecular weight excluding hydrogens is 383 g/mol. The van der Waals surface area contributed by atoms with Crippen LogP contribution in [0.1, 0.15) is 17.4 Å². The third-order valence-electron chi connectivity index (χ3n) is 2.89. The standard InChI is InChI=1S/C14H11IN4O2/c1-2-21-14(20)12-13(19-8-9(15)7-16-19)10-5-3-4-6-11(10)17-18-12/h3-8H,2H2,1H3. The summed E-state index contributed by atoms with van der Waals surface area (Å²) < 4.78 is 7.65. The number of aromatic nitrogens is 4. The highest BCUT2D eigenvalue weighted by molar-refractivity contribution is 14.1. The quantitative estimate of drug-likeness (QED) is 0.505. The number of nitrogens with zero attached hydrogens (tertiary/aromatic N) is 4. The van der Waals surface area contributed by atoms with Crippen molar-refractivity contribution in [3.05, 3.63) is 45.9 Å². The molecule has 7 heteroatoms. The van der Waals surface area contributed by atoms with Crippen LogP contribution in [0.15, 0.2) is 36.7 Å². The smallest absolute Gasteiger partial charge is 0.361 e. The second kappa shape index (κ2) is 5.76. The summed E-state index contributed by atoms with van der Waals surface area (Å²) >= 11 is 2.16.